The number of nitrogens with one attached hydrogen (secondary N) is 1. The quantitative estimate of drug-likeness (QED) is 0.760. The van der Waals surface area contributed by atoms with E-state index in [2.05, 4.69) is 22.3 Å². The van der Waals surface area contributed by atoms with E-state index in [1.165, 1.54) is 0 Å². The smallest absolute Gasteiger partial charge is 0.160 e. The van der Waals surface area contributed by atoms with Gasteiger partial charge < -0.3 is 10.4 Å². The Hall–Kier alpha value is -2.40. The molecule has 1 aromatic carbocycles. The maximum absolute atomic E-state index is 9.79. The van der Waals surface area contributed by atoms with Crippen molar-refractivity contribution in [3.63, 3.8) is 0 Å². The number of aliphatic hydroxyl groups is 1. The zero-order valence-electron chi connectivity index (χ0n) is 13.7. The Bertz CT molecular complexity index is 811. The standard InChI is InChI=1S/C18H22N4O/c1-4-15-10-17(22-18(19-15)12(2)13(3)21-22)20-16(11-23)14-8-6-5-7-9-14/h5-10,16,20,23H,4,11H2,1-3H3/t16-/m0/s1. The van der Waals surface area contributed by atoms with Crippen molar-refractivity contribution >= 4 is 11.5 Å². The molecule has 2 aromatic heterocycles. The molecule has 2 heterocycles. The lowest BCUT2D eigenvalue weighted by atomic mass is 10.1. The monoisotopic (exact) mass is 310 g/mol. The number of hydrogen-bond acceptors (Lipinski definition) is 4. The van der Waals surface area contributed by atoms with Crippen molar-refractivity contribution in [1.29, 1.82) is 0 Å². The highest BCUT2D eigenvalue weighted by molar-refractivity contribution is 5.56. The highest BCUT2D eigenvalue weighted by Gasteiger charge is 2.15. The number of aliphatic hydroxyl groups excluding tert-OH is 1. The summed E-state index contributed by atoms with van der Waals surface area (Å²) in [7, 11) is 0. The zero-order valence-corrected chi connectivity index (χ0v) is 13.7. The van der Waals surface area contributed by atoms with Crippen LogP contribution >= 0.6 is 0 Å². The van der Waals surface area contributed by atoms with Crippen LogP contribution in [0.3, 0.4) is 0 Å². The summed E-state index contributed by atoms with van der Waals surface area (Å²) in [6.07, 6.45) is 0.851. The van der Waals surface area contributed by atoms with Crippen molar-refractivity contribution in [3.8, 4) is 0 Å². The number of anilines is 1. The van der Waals surface area contributed by atoms with Crippen LogP contribution in [0.2, 0.25) is 0 Å². The van der Waals surface area contributed by atoms with Crippen molar-refractivity contribution < 1.29 is 5.11 Å². The summed E-state index contributed by atoms with van der Waals surface area (Å²) in [6.45, 7) is 6.12. The first kappa shape index (κ1) is 15.5. The largest absolute Gasteiger partial charge is 0.394 e. The molecule has 2 N–H and O–H groups in total. The molecule has 1 atom stereocenters. The van der Waals surface area contributed by atoms with Gasteiger partial charge in [0.05, 0.1) is 18.3 Å². The van der Waals surface area contributed by atoms with E-state index in [-0.39, 0.29) is 12.6 Å². The van der Waals surface area contributed by atoms with Crippen LogP contribution in [0.5, 0.6) is 0 Å². The van der Waals surface area contributed by atoms with Gasteiger partial charge >= 0.3 is 0 Å². The Kier molecular flexibility index (Phi) is 4.30. The lowest BCUT2D eigenvalue weighted by Crippen LogP contribution is -2.17. The Morgan fingerprint density at radius 1 is 1.22 bits per heavy atom. The number of hydrogen-bond donors (Lipinski definition) is 2. The molecule has 0 radical (unpaired) electrons. The van der Waals surface area contributed by atoms with Crippen LogP contribution in [0, 0.1) is 13.8 Å². The third-order valence-corrected chi connectivity index (χ3v) is 4.18. The Morgan fingerprint density at radius 2 is 1.96 bits per heavy atom. The molecule has 0 spiro atoms. The first-order chi connectivity index (χ1) is 11.1. The molecule has 120 valence electrons. The van der Waals surface area contributed by atoms with E-state index in [1.807, 2.05) is 54.8 Å². The summed E-state index contributed by atoms with van der Waals surface area (Å²) in [5.41, 5.74) is 4.97. The summed E-state index contributed by atoms with van der Waals surface area (Å²) < 4.78 is 1.83. The second-order valence-corrected chi connectivity index (χ2v) is 5.72. The lowest BCUT2D eigenvalue weighted by Gasteiger charge is -2.19. The second kappa shape index (κ2) is 6.38. The Labute approximate surface area is 136 Å². The van der Waals surface area contributed by atoms with Gasteiger partial charge in [-0.1, -0.05) is 37.3 Å². The Morgan fingerprint density at radius 3 is 2.61 bits per heavy atom. The number of aromatic nitrogens is 3. The van der Waals surface area contributed by atoms with Gasteiger partial charge in [-0.3, -0.25) is 0 Å². The predicted octanol–water partition coefficient (Wildman–Crippen LogP) is 3.05. The van der Waals surface area contributed by atoms with Crippen molar-refractivity contribution in [2.75, 3.05) is 11.9 Å². The van der Waals surface area contributed by atoms with E-state index in [0.717, 1.165) is 40.4 Å². The van der Waals surface area contributed by atoms with E-state index in [0.29, 0.717) is 0 Å². The van der Waals surface area contributed by atoms with Gasteiger partial charge in [0, 0.05) is 17.3 Å². The number of aryl methyl sites for hydroxylation is 3. The third kappa shape index (κ3) is 2.92. The number of fused-ring (bicyclic) bond motifs is 1. The average Bonchev–Trinajstić information content (AvgIpc) is 2.88. The minimum absolute atomic E-state index is 0.00845. The van der Waals surface area contributed by atoms with E-state index < -0.39 is 0 Å². The molecule has 5 nitrogen and oxygen atoms in total. The van der Waals surface area contributed by atoms with Gasteiger partial charge in [0.1, 0.15) is 5.82 Å². The maximum atomic E-state index is 9.79. The van der Waals surface area contributed by atoms with Crippen LogP contribution < -0.4 is 5.32 Å². The molecule has 0 amide bonds. The van der Waals surface area contributed by atoms with Crippen LogP contribution in [0.4, 0.5) is 5.82 Å². The van der Waals surface area contributed by atoms with E-state index in [1.54, 1.807) is 0 Å². The molecule has 0 bridgehead atoms. The maximum Gasteiger partial charge on any atom is 0.160 e. The summed E-state index contributed by atoms with van der Waals surface area (Å²) >= 11 is 0. The molecule has 0 aliphatic carbocycles. The van der Waals surface area contributed by atoms with Gasteiger partial charge in [-0.25, -0.2) is 4.98 Å². The van der Waals surface area contributed by atoms with Crippen LogP contribution in [0.25, 0.3) is 5.65 Å². The molecular formula is C18H22N4O. The van der Waals surface area contributed by atoms with Crippen LogP contribution in [-0.2, 0) is 6.42 Å². The molecule has 3 aromatic rings. The highest BCUT2D eigenvalue weighted by atomic mass is 16.3. The molecule has 0 saturated heterocycles. The Balaban J connectivity index is 2.06. The number of benzene rings is 1. The normalized spacial score (nSPS) is 12.5. The van der Waals surface area contributed by atoms with Gasteiger partial charge in [-0.05, 0) is 25.8 Å². The fourth-order valence-corrected chi connectivity index (χ4v) is 2.66. The third-order valence-electron chi connectivity index (χ3n) is 4.18. The van der Waals surface area contributed by atoms with E-state index >= 15 is 0 Å². The van der Waals surface area contributed by atoms with Gasteiger partial charge in [-0.15, -0.1) is 0 Å². The first-order valence-electron chi connectivity index (χ1n) is 7.92. The van der Waals surface area contributed by atoms with Crippen molar-refractivity contribution in [2.45, 2.75) is 33.2 Å². The molecule has 23 heavy (non-hydrogen) atoms. The van der Waals surface area contributed by atoms with Gasteiger partial charge in [0.15, 0.2) is 5.65 Å². The molecule has 0 fully saturated rings. The minimum Gasteiger partial charge on any atom is -0.394 e. The fourth-order valence-electron chi connectivity index (χ4n) is 2.66. The number of rotatable bonds is 5. The minimum atomic E-state index is -0.184. The van der Waals surface area contributed by atoms with Crippen LogP contribution in [0.1, 0.15) is 35.5 Å². The summed E-state index contributed by atoms with van der Waals surface area (Å²) in [5.74, 6) is 0.853. The van der Waals surface area contributed by atoms with Crippen molar-refractivity contribution in [1.82, 2.24) is 14.6 Å². The highest BCUT2D eigenvalue weighted by Crippen LogP contribution is 2.23. The predicted molar refractivity (Wildman–Crippen MR) is 91.7 cm³/mol. The fraction of sp³-hybridized carbons (Fsp3) is 0.333. The average molecular weight is 310 g/mol. The summed E-state index contributed by atoms with van der Waals surface area (Å²) in [4.78, 5) is 4.68. The summed E-state index contributed by atoms with van der Waals surface area (Å²) in [6, 6.07) is 11.8. The lowest BCUT2D eigenvalue weighted by molar-refractivity contribution is 0.276. The van der Waals surface area contributed by atoms with E-state index in [9.17, 15) is 5.11 Å². The zero-order chi connectivity index (χ0) is 16.4. The molecular weight excluding hydrogens is 288 g/mol. The first-order valence-corrected chi connectivity index (χ1v) is 7.92. The van der Waals surface area contributed by atoms with Crippen LogP contribution in [-0.4, -0.2) is 26.3 Å². The molecule has 5 heteroatoms. The second-order valence-electron chi connectivity index (χ2n) is 5.72. The topological polar surface area (TPSA) is 62.5 Å². The van der Waals surface area contributed by atoms with Gasteiger partial charge in [0.2, 0.25) is 0 Å². The van der Waals surface area contributed by atoms with Crippen LogP contribution in [0.15, 0.2) is 36.4 Å². The SMILES string of the molecule is CCc1cc(N[C@@H](CO)c2ccccc2)n2nc(C)c(C)c2n1. The van der Waals surface area contributed by atoms with E-state index in [4.69, 9.17) is 0 Å². The molecule has 3 rings (SSSR count). The van der Waals surface area contributed by atoms with Gasteiger partial charge in [0.25, 0.3) is 0 Å². The van der Waals surface area contributed by atoms with Crippen molar-refractivity contribution in [2.24, 2.45) is 0 Å². The molecule has 0 aliphatic heterocycles. The molecule has 0 saturated carbocycles. The molecule has 0 aliphatic rings. The van der Waals surface area contributed by atoms with Crippen molar-refractivity contribution in [3.05, 3.63) is 58.9 Å². The van der Waals surface area contributed by atoms with Gasteiger partial charge in [-0.2, -0.15) is 9.61 Å². The summed E-state index contributed by atoms with van der Waals surface area (Å²) in [5, 5.41) is 17.8. The number of nitrogens with zero attached hydrogens (tertiary/aromatic N) is 3. The molecule has 0 unspecified atom stereocenters.